The number of rotatable bonds is 12. The molecule has 10 nitrogen and oxygen atoms in total. The Morgan fingerprint density at radius 1 is 1.08 bits per heavy atom. The Balaban J connectivity index is 2.22. The van der Waals surface area contributed by atoms with Gasteiger partial charge in [0.1, 0.15) is 15.6 Å². The number of carbonyl (C=O) groups is 3. The van der Waals surface area contributed by atoms with E-state index in [0.717, 1.165) is 24.0 Å². The van der Waals surface area contributed by atoms with E-state index in [2.05, 4.69) is 5.32 Å². The number of aromatic hydroxyl groups is 1. The number of nitrogens with one attached hydrogen (secondary N) is 1. The molecule has 3 rings (SSSR count). The lowest BCUT2D eigenvalue weighted by atomic mass is 9.95. The summed E-state index contributed by atoms with van der Waals surface area (Å²) in [5.74, 6) is -1.99. The fourth-order valence-corrected chi connectivity index (χ4v) is 5.57. The predicted molar refractivity (Wildman–Crippen MR) is 143 cm³/mol. The van der Waals surface area contributed by atoms with Gasteiger partial charge in [-0.25, -0.2) is 8.42 Å². The lowest BCUT2D eigenvalue weighted by Crippen LogP contribution is -2.38. The van der Waals surface area contributed by atoms with Crippen molar-refractivity contribution in [1.82, 2.24) is 4.90 Å². The number of nitrogens with zero attached hydrogens (tertiary/aromatic N) is 1. The Kier molecular flexibility index (Phi) is 9.03. The average molecular weight is 547 g/mol. The van der Waals surface area contributed by atoms with Crippen molar-refractivity contribution in [2.24, 2.45) is 0 Å². The fourth-order valence-electron chi connectivity index (χ4n) is 4.65. The van der Waals surface area contributed by atoms with Gasteiger partial charge in [0, 0.05) is 24.8 Å². The summed E-state index contributed by atoms with van der Waals surface area (Å²) in [6.07, 6.45) is 3.78. The quantitative estimate of drug-likeness (QED) is 0.302. The molecule has 1 aliphatic rings. The van der Waals surface area contributed by atoms with Gasteiger partial charge in [0.05, 0.1) is 42.3 Å². The van der Waals surface area contributed by atoms with Crippen LogP contribution in [0.5, 0.6) is 17.2 Å². The van der Waals surface area contributed by atoms with Crippen molar-refractivity contribution in [3.63, 3.8) is 0 Å². The largest absolute Gasteiger partial charge is 0.508 e. The number of methoxy groups -OCH3 is 1. The van der Waals surface area contributed by atoms with E-state index >= 15 is 0 Å². The van der Waals surface area contributed by atoms with Crippen molar-refractivity contribution in [3.8, 4) is 17.2 Å². The van der Waals surface area contributed by atoms with Gasteiger partial charge in [0.25, 0.3) is 11.8 Å². The molecule has 11 heteroatoms. The van der Waals surface area contributed by atoms with Gasteiger partial charge in [-0.05, 0) is 37.5 Å². The maximum absolute atomic E-state index is 13.9. The monoisotopic (exact) mass is 546 g/mol. The van der Waals surface area contributed by atoms with Gasteiger partial charge in [0.15, 0.2) is 11.5 Å². The standard InChI is InChI=1S/C27H34N2O8S/c1-6-8-9-10-18-21(31)14-19(28-16(3)30)25-24(18)26(32)29(27(25)33)20(15-38(5,34)35)17-11-12-22(36-4)23(13-17)37-7-2/h11-14,20,31H,6-10,15H2,1-5H3,(H,28,30)/t20-/m1/s1. The van der Waals surface area contributed by atoms with E-state index < -0.39 is 39.4 Å². The molecule has 0 saturated carbocycles. The van der Waals surface area contributed by atoms with Crippen LogP contribution in [0.15, 0.2) is 24.3 Å². The van der Waals surface area contributed by atoms with Crippen LogP contribution in [0.25, 0.3) is 0 Å². The highest BCUT2D eigenvalue weighted by Crippen LogP contribution is 2.42. The van der Waals surface area contributed by atoms with Gasteiger partial charge in [0.2, 0.25) is 5.91 Å². The van der Waals surface area contributed by atoms with Gasteiger partial charge >= 0.3 is 0 Å². The molecule has 0 aliphatic carbocycles. The number of hydrogen-bond acceptors (Lipinski definition) is 8. The number of phenols is 1. The van der Waals surface area contributed by atoms with Crippen molar-refractivity contribution in [2.75, 3.05) is 31.0 Å². The minimum Gasteiger partial charge on any atom is -0.508 e. The highest BCUT2D eigenvalue weighted by atomic mass is 32.2. The Morgan fingerprint density at radius 2 is 1.76 bits per heavy atom. The zero-order chi connectivity index (χ0) is 28.2. The van der Waals surface area contributed by atoms with Crippen molar-refractivity contribution in [1.29, 1.82) is 0 Å². The van der Waals surface area contributed by atoms with Crippen LogP contribution in [0.2, 0.25) is 0 Å². The van der Waals surface area contributed by atoms with Crippen LogP contribution in [0, 0.1) is 0 Å². The molecule has 0 bridgehead atoms. The molecule has 2 aromatic rings. The Bertz CT molecular complexity index is 1350. The molecule has 1 atom stereocenters. The number of hydrogen-bond donors (Lipinski definition) is 2. The molecule has 3 amide bonds. The second-order valence-corrected chi connectivity index (χ2v) is 11.4. The van der Waals surface area contributed by atoms with Crippen LogP contribution >= 0.6 is 0 Å². The van der Waals surface area contributed by atoms with Gasteiger partial charge in [-0.2, -0.15) is 0 Å². The molecule has 0 saturated heterocycles. The third kappa shape index (κ3) is 6.09. The Hall–Kier alpha value is -3.60. The number of carbonyl (C=O) groups excluding carboxylic acids is 3. The van der Waals surface area contributed by atoms with Crippen LogP contribution in [0.3, 0.4) is 0 Å². The number of amides is 3. The van der Waals surface area contributed by atoms with E-state index in [9.17, 15) is 27.9 Å². The van der Waals surface area contributed by atoms with Gasteiger partial charge in [-0.15, -0.1) is 0 Å². The molecule has 206 valence electrons. The number of ether oxygens (including phenoxy) is 2. The van der Waals surface area contributed by atoms with Gasteiger partial charge < -0.3 is 19.9 Å². The Labute approximate surface area is 222 Å². The van der Waals surface area contributed by atoms with Crippen LogP contribution in [-0.2, 0) is 21.1 Å². The normalized spacial score (nSPS) is 13.9. The first kappa shape index (κ1) is 29.0. The number of fused-ring (bicyclic) bond motifs is 1. The zero-order valence-corrected chi connectivity index (χ0v) is 23.1. The van der Waals surface area contributed by atoms with Crippen LogP contribution in [-0.4, -0.2) is 61.9 Å². The van der Waals surface area contributed by atoms with E-state index in [0.29, 0.717) is 42.1 Å². The molecule has 38 heavy (non-hydrogen) atoms. The number of imide groups is 1. The molecule has 1 aliphatic heterocycles. The van der Waals surface area contributed by atoms with Crippen LogP contribution in [0.4, 0.5) is 5.69 Å². The summed E-state index contributed by atoms with van der Waals surface area (Å²) >= 11 is 0. The number of sulfone groups is 1. The number of anilines is 1. The molecular formula is C27H34N2O8S. The third-order valence-electron chi connectivity index (χ3n) is 6.26. The van der Waals surface area contributed by atoms with Crippen LogP contribution < -0.4 is 14.8 Å². The molecule has 0 aromatic heterocycles. The second-order valence-electron chi connectivity index (χ2n) is 9.24. The molecule has 0 unspecified atom stereocenters. The number of unbranched alkanes of at least 4 members (excludes halogenated alkanes) is 2. The molecule has 0 radical (unpaired) electrons. The number of phenolic OH excluding ortho intramolecular Hbond substituents is 1. The predicted octanol–water partition coefficient (Wildman–Crippen LogP) is 3.87. The van der Waals surface area contributed by atoms with E-state index in [-0.39, 0.29) is 22.6 Å². The highest BCUT2D eigenvalue weighted by molar-refractivity contribution is 7.90. The summed E-state index contributed by atoms with van der Waals surface area (Å²) in [7, 11) is -2.22. The highest BCUT2D eigenvalue weighted by Gasteiger charge is 2.45. The van der Waals surface area contributed by atoms with E-state index in [4.69, 9.17) is 9.47 Å². The molecular weight excluding hydrogens is 512 g/mol. The molecule has 1 heterocycles. The topological polar surface area (TPSA) is 139 Å². The summed E-state index contributed by atoms with van der Waals surface area (Å²) in [5, 5.41) is 13.3. The fraction of sp³-hybridized carbons (Fsp3) is 0.444. The molecule has 0 spiro atoms. The minimum atomic E-state index is -3.69. The summed E-state index contributed by atoms with van der Waals surface area (Å²) in [6, 6.07) is 4.78. The van der Waals surface area contributed by atoms with Crippen LogP contribution in [0.1, 0.15) is 77.9 Å². The Morgan fingerprint density at radius 3 is 2.34 bits per heavy atom. The molecule has 2 aromatic carbocycles. The second kappa shape index (κ2) is 11.8. The van der Waals surface area contributed by atoms with E-state index in [1.807, 2.05) is 6.92 Å². The van der Waals surface area contributed by atoms with Crippen molar-refractivity contribution >= 4 is 33.2 Å². The summed E-state index contributed by atoms with van der Waals surface area (Å²) < 4.78 is 36.0. The third-order valence-corrected chi connectivity index (χ3v) is 7.18. The molecule has 2 N–H and O–H groups in total. The maximum Gasteiger partial charge on any atom is 0.264 e. The lowest BCUT2D eigenvalue weighted by molar-refractivity contribution is -0.114. The number of benzene rings is 2. The van der Waals surface area contributed by atoms with Crippen molar-refractivity contribution in [2.45, 2.75) is 52.5 Å². The smallest absolute Gasteiger partial charge is 0.264 e. The zero-order valence-electron chi connectivity index (χ0n) is 22.3. The SMILES string of the molecule is CCCCCc1c(O)cc(NC(C)=O)c2c1C(=O)N([C@H](CS(C)(=O)=O)c1ccc(OC)c(OCC)c1)C2=O. The first-order chi connectivity index (χ1) is 17.9. The van der Waals surface area contributed by atoms with Crippen molar-refractivity contribution < 1.29 is 37.4 Å². The summed E-state index contributed by atoms with van der Waals surface area (Å²) in [5.41, 5.74) is 0.560. The van der Waals surface area contributed by atoms with E-state index in [1.165, 1.54) is 20.1 Å². The van der Waals surface area contributed by atoms with E-state index in [1.54, 1.807) is 25.1 Å². The summed E-state index contributed by atoms with van der Waals surface area (Å²) in [6.45, 7) is 5.35. The lowest BCUT2D eigenvalue weighted by Gasteiger charge is -2.27. The first-order valence-corrected chi connectivity index (χ1v) is 14.5. The van der Waals surface area contributed by atoms with Gasteiger partial charge in [-0.3, -0.25) is 19.3 Å². The minimum absolute atomic E-state index is 0.00654. The molecule has 0 fully saturated rings. The first-order valence-electron chi connectivity index (χ1n) is 12.5. The average Bonchev–Trinajstić information content (AvgIpc) is 3.09. The maximum atomic E-state index is 13.9. The van der Waals surface area contributed by atoms with Gasteiger partial charge in [-0.1, -0.05) is 25.8 Å². The summed E-state index contributed by atoms with van der Waals surface area (Å²) in [4.78, 5) is 40.6. The van der Waals surface area contributed by atoms with Crippen molar-refractivity contribution in [3.05, 3.63) is 46.5 Å².